The van der Waals surface area contributed by atoms with Crippen LogP contribution in [-0.2, 0) is 11.2 Å². The van der Waals surface area contributed by atoms with Crippen LogP contribution in [0, 0.1) is 6.92 Å². The molecule has 6 heteroatoms. The second-order valence-electron chi connectivity index (χ2n) is 7.70. The fraction of sp³-hybridized carbons (Fsp3) is 0.192. The van der Waals surface area contributed by atoms with E-state index in [0.29, 0.717) is 17.8 Å². The van der Waals surface area contributed by atoms with Crippen LogP contribution in [0.25, 0.3) is 11.0 Å². The quantitative estimate of drug-likeness (QED) is 0.436. The van der Waals surface area contributed by atoms with Crippen LogP contribution in [0.5, 0.6) is 17.2 Å². The van der Waals surface area contributed by atoms with Crippen LogP contribution in [0.4, 0.5) is 0 Å². The first-order chi connectivity index (χ1) is 15.4. The minimum atomic E-state index is -1.30. The van der Waals surface area contributed by atoms with E-state index in [1.54, 1.807) is 30.3 Å². The van der Waals surface area contributed by atoms with E-state index in [9.17, 15) is 20.1 Å². The largest absolute Gasteiger partial charge is 0.546 e. The van der Waals surface area contributed by atoms with E-state index in [-0.39, 0.29) is 17.4 Å². The number of rotatable bonds is 8. The lowest BCUT2D eigenvalue weighted by atomic mass is 9.86. The number of carboxylic acid groups (broad SMARTS) is 1. The Hall–Kier alpha value is -3.93. The third-order valence-electron chi connectivity index (χ3n) is 5.60. The molecule has 0 amide bonds. The summed E-state index contributed by atoms with van der Waals surface area (Å²) in [7, 11) is 0. The van der Waals surface area contributed by atoms with Gasteiger partial charge in [0.25, 0.3) is 0 Å². The topological polar surface area (TPSA) is 103 Å². The number of ether oxygens (including phenoxy) is 1. The number of fused-ring (bicyclic) bond motifs is 1. The van der Waals surface area contributed by atoms with Crippen molar-refractivity contribution >= 4 is 16.9 Å². The number of hydrogen-bond acceptors (Lipinski definition) is 6. The average Bonchev–Trinajstić information content (AvgIpc) is 3.10. The number of hydrogen-bond donors (Lipinski definition) is 2. The molecule has 2 N–H and O–H groups in total. The molecule has 0 saturated carbocycles. The number of furan rings is 1. The van der Waals surface area contributed by atoms with E-state index in [0.717, 1.165) is 34.3 Å². The van der Waals surface area contributed by atoms with E-state index < -0.39 is 12.6 Å². The molecular weight excluding hydrogens is 408 g/mol. The van der Waals surface area contributed by atoms with Crippen molar-refractivity contribution in [1.82, 2.24) is 0 Å². The van der Waals surface area contributed by atoms with Gasteiger partial charge in [0.2, 0.25) is 0 Å². The molecule has 0 fully saturated rings. The molecular formula is C26H23O6-. The van der Waals surface area contributed by atoms with Gasteiger partial charge in [-0.05, 0) is 61.2 Å². The van der Waals surface area contributed by atoms with Gasteiger partial charge in [0.05, 0.1) is 5.97 Å². The molecule has 6 nitrogen and oxygen atoms in total. The third kappa shape index (κ3) is 4.54. The normalized spacial score (nSPS) is 11.2. The molecule has 4 rings (SSSR count). The predicted octanol–water partition coefficient (Wildman–Crippen LogP) is 4.05. The number of benzene rings is 3. The van der Waals surface area contributed by atoms with Gasteiger partial charge in [-0.25, -0.2) is 0 Å². The average molecular weight is 431 g/mol. The van der Waals surface area contributed by atoms with Crippen molar-refractivity contribution < 1.29 is 29.3 Å². The number of phenolic OH excluding ortho intramolecular Hbond substituents is 2. The fourth-order valence-electron chi connectivity index (χ4n) is 4.05. The predicted molar refractivity (Wildman–Crippen MR) is 118 cm³/mol. The van der Waals surface area contributed by atoms with Crippen molar-refractivity contribution in [3.05, 3.63) is 89.2 Å². The Morgan fingerprint density at radius 1 is 0.969 bits per heavy atom. The molecule has 164 valence electrons. The number of aromatic hydroxyl groups is 2. The number of carbonyl (C=O) groups is 1. The second-order valence-corrected chi connectivity index (χ2v) is 7.70. The summed E-state index contributed by atoms with van der Waals surface area (Å²) in [6.45, 7) is 1.34. The minimum Gasteiger partial charge on any atom is -0.546 e. The number of carboxylic acids is 1. The van der Waals surface area contributed by atoms with E-state index in [4.69, 9.17) is 9.15 Å². The molecule has 3 aromatic carbocycles. The molecule has 1 heterocycles. The molecule has 0 radical (unpaired) electrons. The molecule has 0 bridgehead atoms. The summed E-state index contributed by atoms with van der Waals surface area (Å²) >= 11 is 0. The molecule has 4 aromatic rings. The van der Waals surface area contributed by atoms with Gasteiger partial charge in [-0.2, -0.15) is 0 Å². The summed E-state index contributed by atoms with van der Waals surface area (Å²) in [5.41, 5.74) is 3.65. The van der Waals surface area contributed by atoms with E-state index >= 15 is 0 Å². The lowest BCUT2D eigenvalue weighted by Gasteiger charge is -2.18. The molecule has 0 aliphatic carbocycles. The Kier molecular flexibility index (Phi) is 6.03. The highest BCUT2D eigenvalue weighted by Crippen LogP contribution is 2.36. The summed E-state index contributed by atoms with van der Waals surface area (Å²) in [6, 6.07) is 19.7. The first kappa shape index (κ1) is 21.3. The first-order valence-electron chi connectivity index (χ1n) is 10.3. The van der Waals surface area contributed by atoms with Crippen LogP contribution in [0.2, 0.25) is 0 Å². The second kappa shape index (κ2) is 9.06. The van der Waals surface area contributed by atoms with Gasteiger partial charge in [-0.3, -0.25) is 0 Å². The smallest absolute Gasteiger partial charge is 0.176 e. The van der Waals surface area contributed by atoms with Gasteiger partial charge in [0, 0.05) is 16.9 Å². The van der Waals surface area contributed by atoms with Crippen molar-refractivity contribution in [1.29, 1.82) is 0 Å². The van der Waals surface area contributed by atoms with Crippen molar-refractivity contribution in [3.8, 4) is 17.2 Å². The van der Waals surface area contributed by atoms with Crippen LogP contribution in [0.15, 0.2) is 71.1 Å². The summed E-state index contributed by atoms with van der Waals surface area (Å²) in [5, 5.41) is 31.0. The Morgan fingerprint density at radius 2 is 1.56 bits per heavy atom. The maximum absolute atomic E-state index is 10.8. The van der Waals surface area contributed by atoms with E-state index in [1.165, 1.54) is 0 Å². The van der Waals surface area contributed by atoms with Crippen LogP contribution in [0.3, 0.4) is 0 Å². The van der Waals surface area contributed by atoms with Crippen LogP contribution >= 0.6 is 0 Å². The van der Waals surface area contributed by atoms with Crippen molar-refractivity contribution in [2.24, 2.45) is 0 Å². The third-order valence-corrected chi connectivity index (χ3v) is 5.60. The summed E-state index contributed by atoms with van der Waals surface area (Å²) < 4.78 is 11.3. The van der Waals surface area contributed by atoms with Crippen LogP contribution < -0.4 is 9.84 Å². The van der Waals surface area contributed by atoms with E-state index in [1.807, 2.05) is 43.3 Å². The maximum Gasteiger partial charge on any atom is 0.176 e. The van der Waals surface area contributed by atoms with Crippen LogP contribution in [0.1, 0.15) is 34.8 Å². The van der Waals surface area contributed by atoms with E-state index in [2.05, 4.69) is 0 Å². The number of para-hydroxylation sites is 1. The highest BCUT2D eigenvalue weighted by atomic mass is 16.5. The molecule has 0 spiro atoms. The fourth-order valence-corrected chi connectivity index (χ4v) is 4.05. The molecule has 0 aliphatic heterocycles. The maximum atomic E-state index is 10.8. The summed E-state index contributed by atoms with van der Waals surface area (Å²) in [5.74, 6) is 0.279. The van der Waals surface area contributed by atoms with Gasteiger partial charge in [0.1, 0.15) is 23.9 Å². The summed E-state index contributed by atoms with van der Waals surface area (Å²) in [4.78, 5) is 10.8. The zero-order valence-electron chi connectivity index (χ0n) is 17.6. The lowest BCUT2D eigenvalue weighted by molar-refractivity contribution is -0.307. The van der Waals surface area contributed by atoms with Gasteiger partial charge < -0.3 is 29.3 Å². The molecule has 0 unspecified atom stereocenters. The van der Waals surface area contributed by atoms with Crippen molar-refractivity contribution in [2.75, 3.05) is 6.61 Å². The molecule has 0 atom stereocenters. The Balaban J connectivity index is 1.65. The van der Waals surface area contributed by atoms with Gasteiger partial charge in [0.15, 0.2) is 11.3 Å². The minimum absolute atomic E-state index is 0.0399. The van der Waals surface area contributed by atoms with Crippen molar-refractivity contribution in [3.63, 3.8) is 0 Å². The number of phenols is 2. The monoisotopic (exact) mass is 431 g/mol. The highest BCUT2D eigenvalue weighted by Gasteiger charge is 2.19. The molecule has 0 saturated heterocycles. The Labute approximate surface area is 185 Å². The first-order valence-corrected chi connectivity index (χ1v) is 10.3. The van der Waals surface area contributed by atoms with Crippen LogP contribution in [-0.4, -0.2) is 22.8 Å². The Bertz CT molecular complexity index is 1180. The van der Waals surface area contributed by atoms with Gasteiger partial charge in [-0.15, -0.1) is 0 Å². The molecule has 32 heavy (non-hydrogen) atoms. The highest BCUT2D eigenvalue weighted by molar-refractivity contribution is 5.87. The SMILES string of the molecule is Cc1oc2c(OCC(=O)[O-])cccc2c1CCC(c1ccc(O)cc1)c1ccc(O)cc1. The lowest BCUT2D eigenvalue weighted by Crippen LogP contribution is -2.28. The number of aryl methyl sites for hydroxylation is 2. The van der Waals surface area contributed by atoms with Crippen molar-refractivity contribution in [2.45, 2.75) is 25.7 Å². The standard InChI is InChI=1S/C26H24O6/c1-16-21(23-3-2-4-24(26(23)32-16)31-15-25(29)30)13-14-22(17-5-9-19(27)10-6-17)18-7-11-20(28)12-8-18/h2-12,22,27-28H,13-15H2,1H3,(H,29,30)/p-1. The Morgan fingerprint density at radius 3 is 2.12 bits per heavy atom. The number of aliphatic carboxylic acids is 1. The van der Waals surface area contributed by atoms with Gasteiger partial charge in [-0.1, -0.05) is 36.4 Å². The zero-order chi connectivity index (χ0) is 22.7. The summed E-state index contributed by atoms with van der Waals surface area (Å²) in [6.07, 6.45) is 1.46. The molecule has 1 aromatic heterocycles. The molecule has 0 aliphatic rings. The zero-order valence-corrected chi connectivity index (χ0v) is 17.6. The number of carbonyl (C=O) groups excluding carboxylic acids is 1. The van der Waals surface area contributed by atoms with Gasteiger partial charge >= 0.3 is 0 Å².